The standard InChI is InChI=1S/C12H13BrFNO4/c1-12(19,5-9(16)17)6-15-11(18)10-7(13)3-2-4-8(10)14/h2-4,19H,5-6H2,1H3,(H,15,18)(H,16,17). The number of rotatable bonds is 5. The number of nitrogens with one attached hydrogen (secondary N) is 1. The second-order valence-electron chi connectivity index (χ2n) is 4.35. The summed E-state index contributed by atoms with van der Waals surface area (Å²) in [4.78, 5) is 22.3. The molecule has 0 radical (unpaired) electrons. The zero-order chi connectivity index (χ0) is 14.6. The van der Waals surface area contributed by atoms with Crippen LogP contribution in [0.25, 0.3) is 0 Å². The molecular formula is C12H13BrFNO4. The predicted molar refractivity (Wildman–Crippen MR) is 69.3 cm³/mol. The van der Waals surface area contributed by atoms with E-state index in [1.807, 2.05) is 0 Å². The number of halogens is 2. The first-order valence-electron chi connectivity index (χ1n) is 5.39. The third-order valence-corrected chi connectivity index (χ3v) is 3.01. The van der Waals surface area contributed by atoms with Gasteiger partial charge in [0.2, 0.25) is 0 Å². The molecule has 1 unspecified atom stereocenters. The van der Waals surface area contributed by atoms with Gasteiger partial charge in [0.25, 0.3) is 5.91 Å². The minimum absolute atomic E-state index is 0.186. The number of amides is 1. The molecular weight excluding hydrogens is 321 g/mol. The maximum atomic E-state index is 13.5. The Morgan fingerprint density at radius 2 is 2.11 bits per heavy atom. The van der Waals surface area contributed by atoms with E-state index in [4.69, 9.17) is 5.11 Å². The van der Waals surface area contributed by atoms with Crippen molar-refractivity contribution in [2.75, 3.05) is 6.54 Å². The molecule has 0 fully saturated rings. The lowest BCUT2D eigenvalue weighted by atomic mass is 10.0. The number of carbonyl (C=O) groups is 2. The van der Waals surface area contributed by atoms with E-state index in [0.717, 1.165) is 6.07 Å². The zero-order valence-electron chi connectivity index (χ0n) is 10.1. The van der Waals surface area contributed by atoms with Crippen molar-refractivity contribution in [3.8, 4) is 0 Å². The van der Waals surface area contributed by atoms with Gasteiger partial charge in [-0.25, -0.2) is 4.39 Å². The van der Waals surface area contributed by atoms with E-state index in [1.165, 1.54) is 19.1 Å². The maximum absolute atomic E-state index is 13.5. The van der Waals surface area contributed by atoms with Crippen molar-refractivity contribution in [1.82, 2.24) is 5.32 Å². The minimum atomic E-state index is -1.60. The molecule has 1 atom stereocenters. The van der Waals surface area contributed by atoms with E-state index in [1.54, 1.807) is 0 Å². The Bertz CT molecular complexity index is 484. The van der Waals surface area contributed by atoms with E-state index in [0.29, 0.717) is 0 Å². The third-order valence-electron chi connectivity index (χ3n) is 2.35. The first kappa shape index (κ1) is 15.6. The summed E-state index contributed by atoms with van der Waals surface area (Å²) in [5, 5.41) is 20.6. The van der Waals surface area contributed by atoms with Crippen molar-refractivity contribution < 1.29 is 24.2 Å². The van der Waals surface area contributed by atoms with Crippen molar-refractivity contribution in [1.29, 1.82) is 0 Å². The fourth-order valence-corrected chi connectivity index (χ4v) is 1.98. The summed E-state index contributed by atoms with van der Waals surface area (Å²) in [6, 6.07) is 4.08. The van der Waals surface area contributed by atoms with Gasteiger partial charge in [-0.1, -0.05) is 6.07 Å². The van der Waals surface area contributed by atoms with E-state index >= 15 is 0 Å². The monoisotopic (exact) mass is 333 g/mol. The molecule has 3 N–H and O–H groups in total. The lowest BCUT2D eigenvalue weighted by Crippen LogP contribution is -2.42. The number of aliphatic carboxylic acids is 1. The van der Waals surface area contributed by atoms with Gasteiger partial charge in [-0.05, 0) is 35.0 Å². The number of hydrogen-bond donors (Lipinski definition) is 3. The highest BCUT2D eigenvalue weighted by atomic mass is 79.9. The maximum Gasteiger partial charge on any atom is 0.306 e. The summed E-state index contributed by atoms with van der Waals surface area (Å²) in [6.07, 6.45) is -0.522. The van der Waals surface area contributed by atoms with Crippen LogP contribution in [-0.4, -0.2) is 34.2 Å². The molecule has 1 aromatic rings. The summed E-state index contributed by atoms with van der Waals surface area (Å²) in [5.41, 5.74) is -1.78. The topological polar surface area (TPSA) is 86.6 Å². The number of aliphatic hydroxyl groups is 1. The lowest BCUT2D eigenvalue weighted by molar-refractivity contribution is -0.141. The van der Waals surface area contributed by atoms with Gasteiger partial charge in [-0.2, -0.15) is 0 Å². The molecule has 0 saturated carbocycles. The van der Waals surface area contributed by atoms with E-state index in [9.17, 15) is 19.1 Å². The van der Waals surface area contributed by atoms with Gasteiger partial charge in [-0.15, -0.1) is 0 Å². The number of carboxylic acid groups (broad SMARTS) is 1. The quantitative estimate of drug-likeness (QED) is 0.762. The largest absolute Gasteiger partial charge is 0.481 e. The van der Waals surface area contributed by atoms with Crippen molar-refractivity contribution in [3.05, 3.63) is 34.1 Å². The summed E-state index contributed by atoms with van der Waals surface area (Å²) >= 11 is 3.05. The molecule has 1 amide bonds. The van der Waals surface area contributed by atoms with Crippen LogP contribution in [0, 0.1) is 5.82 Å². The summed E-state index contributed by atoms with van der Waals surface area (Å²) < 4.78 is 13.8. The molecule has 19 heavy (non-hydrogen) atoms. The normalized spacial score (nSPS) is 13.7. The molecule has 1 rings (SSSR count). The van der Waals surface area contributed by atoms with Crippen LogP contribution in [0.15, 0.2) is 22.7 Å². The second-order valence-corrected chi connectivity index (χ2v) is 5.20. The fraction of sp³-hybridized carbons (Fsp3) is 0.333. The van der Waals surface area contributed by atoms with Crippen LogP contribution in [0.5, 0.6) is 0 Å². The molecule has 0 aromatic heterocycles. The summed E-state index contributed by atoms with van der Waals surface area (Å²) in [5.74, 6) is -2.62. The average Bonchev–Trinajstić information content (AvgIpc) is 2.24. The van der Waals surface area contributed by atoms with Crippen LogP contribution in [0.2, 0.25) is 0 Å². The van der Waals surface area contributed by atoms with Crippen LogP contribution in [0.1, 0.15) is 23.7 Å². The minimum Gasteiger partial charge on any atom is -0.481 e. The first-order valence-corrected chi connectivity index (χ1v) is 6.18. The van der Waals surface area contributed by atoms with Crippen molar-refractivity contribution in [3.63, 3.8) is 0 Å². The molecule has 5 nitrogen and oxygen atoms in total. The molecule has 0 saturated heterocycles. The van der Waals surface area contributed by atoms with Crippen molar-refractivity contribution >= 4 is 27.8 Å². The van der Waals surface area contributed by atoms with Gasteiger partial charge in [0.05, 0.1) is 17.6 Å². The van der Waals surface area contributed by atoms with Gasteiger partial charge in [0, 0.05) is 11.0 Å². The van der Waals surface area contributed by atoms with Crippen LogP contribution in [0.3, 0.4) is 0 Å². The molecule has 0 bridgehead atoms. The van der Waals surface area contributed by atoms with Crippen LogP contribution in [-0.2, 0) is 4.79 Å². The van der Waals surface area contributed by atoms with Crippen LogP contribution in [0.4, 0.5) is 4.39 Å². The molecule has 0 heterocycles. The molecule has 104 valence electrons. The Morgan fingerprint density at radius 3 is 2.63 bits per heavy atom. The Kier molecular flexibility index (Phi) is 5.02. The molecule has 0 aliphatic heterocycles. The number of hydrogen-bond acceptors (Lipinski definition) is 3. The molecule has 0 aliphatic carbocycles. The average molecular weight is 334 g/mol. The highest BCUT2D eigenvalue weighted by molar-refractivity contribution is 9.10. The van der Waals surface area contributed by atoms with Gasteiger partial charge in [0.15, 0.2) is 0 Å². The third kappa shape index (κ3) is 4.60. The SMILES string of the molecule is CC(O)(CNC(=O)c1c(F)cccc1Br)CC(=O)O. The predicted octanol–water partition coefficient (Wildman–Crippen LogP) is 1.54. The second kappa shape index (κ2) is 6.12. The van der Waals surface area contributed by atoms with Crippen LogP contribution < -0.4 is 5.32 Å². The van der Waals surface area contributed by atoms with Crippen molar-refractivity contribution in [2.24, 2.45) is 0 Å². The first-order chi connectivity index (χ1) is 8.73. The van der Waals surface area contributed by atoms with E-state index in [-0.39, 0.29) is 16.6 Å². The molecule has 1 aromatic carbocycles. The smallest absolute Gasteiger partial charge is 0.306 e. The zero-order valence-corrected chi connectivity index (χ0v) is 11.7. The van der Waals surface area contributed by atoms with E-state index in [2.05, 4.69) is 21.2 Å². The van der Waals surface area contributed by atoms with Crippen molar-refractivity contribution in [2.45, 2.75) is 18.9 Å². The van der Waals surface area contributed by atoms with Gasteiger partial charge in [-0.3, -0.25) is 9.59 Å². The summed E-state index contributed by atoms with van der Waals surface area (Å²) in [7, 11) is 0. The number of benzene rings is 1. The van der Waals surface area contributed by atoms with Gasteiger partial charge < -0.3 is 15.5 Å². The molecule has 7 heteroatoms. The van der Waals surface area contributed by atoms with E-state index < -0.39 is 29.7 Å². The lowest BCUT2D eigenvalue weighted by Gasteiger charge is -2.21. The Labute approximate surface area is 117 Å². The number of carboxylic acids is 1. The Morgan fingerprint density at radius 1 is 1.47 bits per heavy atom. The van der Waals surface area contributed by atoms with Crippen LogP contribution >= 0.6 is 15.9 Å². The summed E-state index contributed by atoms with van der Waals surface area (Å²) in [6.45, 7) is 0.983. The highest BCUT2D eigenvalue weighted by Gasteiger charge is 2.26. The molecule has 0 aliphatic rings. The Balaban J connectivity index is 2.73. The van der Waals surface area contributed by atoms with Gasteiger partial charge >= 0.3 is 5.97 Å². The number of carbonyl (C=O) groups excluding carboxylic acids is 1. The highest BCUT2D eigenvalue weighted by Crippen LogP contribution is 2.19. The van der Waals surface area contributed by atoms with Gasteiger partial charge in [0.1, 0.15) is 5.82 Å². The fourth-order valence-electron chi connectivity index (χ4n) is 1.46. The molecule has 0 spiro atoms. The Hall–Kier alpha value is -1.47.